The summed E-state index contributed by atoms with van der Waals surface area (Å²) < 4.78 is 28.1. The van der Waals surface area contributed by atoms with Crippen LogP contribution in [0.2, 0.25) is 0 Å². The maximum atomic E-state index is 12.7. The van der Waals surface area contributed by atoms with Crippen LogP contribution in [-0.2, 0) is 16.6 Å². The van der Waals surface area contributed by atoms with E-state index in [2.05, 4.69) is 38.1 Å². The first-order chi connectivity index (χ1) is 13.0. The molecule has 0 aromatic heterocycles. The molecule has 1 fully saturated rings. The second kappa shape index (κ2) is 11.2. The molecule has 2 rings (SSSR count). The van der Waals surface area contributed by atoms with Crippen molar-refractivity contribution in [2.45, 2.75) is 65.3 Å². The molecule has 4 nitrogen and oxygen atoms in total. The Morgan fingerprint density at radius 3 is 2.07 bits per heavy atom. The summed E-state index contributed by atoms with van der Waals surface area (Å²) in [5.74, 6) is 0.325. The number of unbranched alkanes of at least 4 members (excludes halogenated alkanes) is 6. The monoisotopic (exact) mass is 395 g/mol. The zero-order valence-corrected chi connectivity index (χ0v) is 18.2. The van der Waals surface area contributed by atoms with E-state index in [1.807, 2.05) is 6.07 Å². The van der Waals surface area contributed by atoms with Crippen molar-refractivity contribution >= 4 is 10.0 Å². The van der Waals surface area contributed by atoms with Crippen LogP contribution in [0.15, 0.2) is 30.3 Å². The first kappa shape index (κ1) is 22.4. The number of hydrogen-bond acceptors (Lipinski definition) is 2. The van der Waals surface area contributed by atoms with E-state index in [1.54, 1.807) is 4.31 Å². The van der Waals surface area contributed by atoms with Crippen LogP contribution in [0.25, 0.3) is 0 Å². The number of quaternary nitrogens is 1. The summed E-state index contributed by atoms with van der Waals surface area (Å²) in [7, 11) is -3.09. The van der Waals surface area contributed by atoms with E-state index in [0.29, 0.717) is 18.8 Å². The third-order valence-corrected chi connectivity index (χ3v) is 8.03. The van der Waals surface area contributed by atoms with Crippen molar-refractivity contribution in [2.24, 2.45) is 0 Å². The van der Waals surface area contributed by atoms with Gasteiger partial charge in [0.05, 0.1) is 38.5 Å². The number of piperazine rings is 1. The molecule has 1 aromatic carbocycles. The first-order valence-electron chi connectivity index (χ1n) is 10.9. The average Bonchev–Trinajstić information content (AvgIpc) is 2.68. The lowest BCUT2D eigenvalue weighted by Crippen LogP contribution is -2.60. The van der Waals surface area contributed by atoms with Crippen molar-refractivity contribution in [2.75, 3.05) is 38.5 Å². The topological polar surface area (TPSA) is 37.4 Å². The zero-order chi connectivity index (χ0) is 19.6. The van der Waals surface area contributed by atoms with Crippen LogP contribution in [0.5, 0.6) is 0 Å². The van der Waals surface area contributed by atoms with Gasteiger partial charge in [-0.15, -0.1) is 0 Å². The van der Waals surface area contributed by atoms with Gasteiger partial charge in [-0.2, -0.15) is 4.31 Å². The molecule has 0 aliphatic carbocycles. The summed E-state index contributed by atoms with van der Waals surface area (Å²) >= 11 is 0. The maximum Gasteiger partial charge on any atom is 0.214 e. The second-order valence-electron chi connectivity index (χ2n) is 8.09. The SMILES string of the molecule is CCCCCCCCCS(=O)(=O)N1CC[N+](CC)(Cc2ccccc2)CC1. The molecular formula is C22H39N2O2S+. The maximum absolute atomic E-state index is 12.7. The van der Waals surface area contributed by atoms with Gasteiger partial charge in [0.15, 0.2) is 0 Å². The summed E-state index contributed by atoms with van der Waals surface area (Å²) in [5.41, 5.74) is 1.35. The van der Waals surface area contributed by atoms with Crippen LogP contribution in [0, 0.1) is 0 Å². The van der Waals surface area contributed by atoms with E-state index in [0.717, 1.165) is 43.5 Å². The fourth-order valence-electron chi connectivity index (χ4n) is 4.08. The van der Waals surface area contributed by atoms with Gasteiger partial charge in [0.1, 0.15) is 6.54 Å². The molecule has 0 bridgehead atoms. The summed E-state index contributed by atoms with van der Waals surface area (Å²) in [6.07, 6.45) is 8.10. The summed E-state index contributed by atoms with van der Waals surface area (Å²) in [4.78, 5) is 0. The fourth-order valence-corrected chi connectivity index (χ4v) is 5.62. The van der Waals surface area contributed by atoms with Gasteiger partial charge in [-0.3, -0.25) is 0 Å². The minimum absolute atomic E-state index is 0.325. The Bertz CT molecular complexity index is 623. The van der Waals surface area contributed by atoms with Crippen molar-refractivity contribution in [1.29, 1.82) is 0 Å². The van der Waals surface area contributed by atoms with Crippen LogP contribution >= 0.6 is 0 Å². The molecule has 0 unspecified atom stereocenters. The van der Waals surface area contributed by atoms with Gasteiger partial charge in [0, 0.05) is 5.56 Å². The van der Waals surface area contributed by atoms with Crippen LogP contribution in [-0.4, -0.2) is 55.7 Å². The van der Waals surface area contributed by atoms with Gasteiger partial charge in [0.25, 0.3) is 0 Å². The molecular weight excluding hydrogens is 356 g/mol. The highest BCUT2D eigenvalue weighted by Crippen LogP contribution is 2.21. The Hall–Kier alpha value is -0.910. The number of hydrogen-bond donors (Lipinski definition) is 0. The molecule has 0 spiro atoms. The van der Waals surface area contributed by atoms with Crippen molar-refractivity contribution in [1.82, 2.24) is 4.31 Å². The molecule has 5 heteroatoms. The van der Waals surface area contributed by atoms with Crippen molar-refractivity contribution in [3.8, 4) is 0 Å². The molecule has 0 saturated carbocycles. The van der Waals surface area contributed by atoms with E-state index in [4.69, 9.17) is 0 Å². The van der Waals surface area contributed by atoms with E-state index >= 15 is 0 Å². The van der Waals surface area contributed by atoms with Gasteiger partial charge < -0.3 is 4.48 Å². The average molecular weight is 396 g/mol. The predicted octanol–water partition coefficient (Wildman–Crippen LogP) is 4.42. The lowest BCUT2D eigenvalue weighted by atomic mass is 10.1. The quantitative estimate of drug-likeness (QED) is 0.388. The van der Waals surface area contributed by atoms with Gasteiger partial charge in [-0.1, -0.05) is 75.8 Å². The molecule has 0 amide bonds. The molecule has 1 aliphatic rings. The predicted molar refractivity (Wildman–Crippen MR) is 114 cm³/mol. The van der Waals surface area contributed by atoms with E-state index < -0.39 is 10.0 Å². The molecule has 0 N–H and O–H groups in total. The number of likely N-dealkylation sites (N-methyl/N-ethyl adjacent to an activating group) is 1. The number of rotatable bonds is 12. The molecule has 1 aliphatic heterocycles. The molecule has 0 radical (unpaired) electrons. The minimum atomic E-state index is -3.09. The molecule has 154 valence electrons. The van der Waals surface area contributed by atoms with E-state index in [-0.39, 0.29) is 0 Å². The van der Waals surface area contributed by atoms with Gasteiger partial charge in [0.2, 0.25) is 10.0 Å². The van der Waals surface area contributed by atoms with E-state index in [9.17, 15) is 8.42 Å². The Balaban J connectivity index is 1.77. The first-order valence-corrected chi connectivity index (χ1v) is 12.5. The minimum Gasteiger partial charge on any atom is -0.318 e. The second-order valence-corrected chi connectivity index (χ2v) is 10.2. The number of nitrogens with zero attached hydrogens (tertiary/aromatic N) is 2. The lowest BCUT2D eigenvalue weighted by Gasteiger charge is -2.44. The highest BCUT2D eigenvalue weighted by Gasteiger charge is 2.35. The zero-order valence-electron chi connectivity index (χ0n) is 17.4. The third-order valence-electron chi connectivity index (χ3n) is 6.08. The number of benzene rings is 1. The standard InChI is InChI=1S/C22H39N2O2S/c1-3-5-6-7-8-9-13-20-27(25,26)23-16-18-24(4-2,19-17-23)21-22-14-11-10-12-15-22/h10-12,14-15H,3-9,13,16-21H2,1-2H3/q+1. The normalized spacial score (nSPS) is 17.9. The molecule has 1 aromatic rings. The van der Waals surface area contributed by atoms with Gasteiger partial charge in [-0.05, 0) is 13.3 Å². The van der Waals surface area contributed by atoms with Crippen LogP contribution in [0.4, 0.5) is 0 Å². The van der Waals surface area contributed by atoms with Gasteiger partial charge in [-0.25, -0.2) is 8.42 Å². The van der Waals surface area contributed by atoms with Crippen molar-refractivity contribution in [3.05, 3.63) is 35.9 Å². The molecule has 1 heterocycles. The molecule has 0 atom stereocenters. The summed E-state index contributed by atoms with van der Waals surface area (Å²) in [6.45, 7) is 9.68. The smallest absolute Gasteiger partial charge is 0.214 e. The number of sulfonamides is 1. The highest BCUT2D eigenvalue weighted by molar-refractivity contribution is 7.89. The third kappa shape index (κ3) is 7.20. The van der Waals surface area contributed by atoms with E-state index in [1.165, 1.54) is 37.7 Å². The largest absolute Gasteiger partial charge is 0.318 e. The Labute approximate surface area is 167 Å². The molecule has 1 saturated heterocycles. The summed E-state index contributed by atoms with van der Waals surface area (Å²) in [5, 5.41) is 0. The Kier molecular flexibility index (Phi) is 9.27. The Morgan fingerprint density at radius 2 is 1.48 bits per heavy atom. The van der Waals surface area contributed by atoms with Crippen LogP contribution in [0.3, 0.4) is 0 Å². The highest BCUT2D eigenvalue weighted by atomic mass is 32.2. The van der Waals surface area contributed by atoms with Crippen molar-refractivity contribution in [3.63, 3.8) is 0 Å². The van der Waals surface area contributed by atoms with Crippen LogP contribution < -0.4 is 0 Å². The summed E-state index contributed by atoms with van der Waals surface area (Å²) in [6, 6.07) is 10.6. The van der Waals surface area contributed by atoms with Gasteiger partial charge >= 0.3 is 0 Å². The van der Waals surface area contributed by atoms with Crippen LogP contribution in [0.1, 0.15) is 64.4 Å². The Morgan fingerprint density at radius 1 is 0.889 bits per heavy atom. The fraction of sp³-hybridized carbons (Fsp3) is 0.727. The lowest BCUT2D eigenvalue weighted by molar-refractivity contribution is -0.942. The molecule has 27 heavy (non-hydrogen) atoms. The van der Waals surface area contributed by atoms with Crippen molar-refractivity contribution < 1.29 is 12.9 Å².